The van der Waals surface area contributed by atoms with Gasteiger partial charge in [-0.3, -0.25) is 13.9 Å². The topological polar surface area (TPSA) is 96.0 Å². The molecule has 0 spiro atoms. The van der Waals surface area contributed by atoms with Gasteiger partial charge in [-0.2, -0.15) is 0 Å². The predicted octanol–water partition coefficient (Wildman–Crippen LogP) is 6.11. The van der Waals surface area contributed by atoms with E-state index in [2.05, 4.69) is 5.32 Å². The number of carbonyl (C=O) groups is 2. The Labute approximate surface area is 260 Å². The van der Waals surface area contributed by atoms with E-state index in [0.717, 1.165) is 47.5 Å². The van der Waals surface area contributed by atoms with Gasteiger partial charge in [0, 0.05) is 17.6 Å². The molecule has 0 heterocycles. The summed E-state index contributed by atoms with van der Waals surface area (Å²) in [5.41, 5.74) is 1.97. The number of sulfonamides is 1. The van der Waals surface area contributed by atoms with Crippen LogP contribution in [0.4, 0.5) is 5.69 Å². The molecule has 1 aliphatic rings. The molecule has 0 aliphatic heterocycles. The van der Waals surface area contributed by atoms with Gasteiger partial charge < -0.3 is 15.0 Å². The second-order valence-electron chi connectivity index (χ2n) is 10.9. The Morgan fingerprint density at radius 2 is 1.67 bits per heavy atom. The van der Waals surface area contributed by atoms with Gasteiger partial charge >= 0.3 is 0 Å². The van der Waals surface area contributed by atoms with Gasteiger partial charge in [-0.1, -0.05) is 80.3 Å². The Morgan fingerprint density at radius 1 is 1.00 bits per heavy atom. The van der Waals surface area contributed by atoms with Crippen LogP contribution >= 0.6 is 11.6 Å². The van der Waals surface area contributed by atoms with E-state index in [-0.39, 0.29) is 39.8 Å². The van der Waals surface area contributed by atoms with Crippen molar-refractivity contribution in [1.82, 2.24) is 10.2 Å². The van der Waals surface area contributed by atoms with Crippen LogP contribution in [-0.4, -0.2) is 50.9 Å². The minimum absolute atomic E-state index is 0.0114. The van der Waals surface area contributed by atoms with E-state index < -0.39 is 28.5 Å². The fourth-order valence-corrected chi connectivity index (χ4v) is 7.13. The summed E-state index contributed by atoms with van der Waals surface area (Å²) >= 11 is 6.32. The first-order valence-electron chi connectivity index (χ1n) is 14.7. The lowest BCUT2D eigenvalue weighted by Crippen LogP contribution is -2.54. The largest absolute Gasteiger partial charge is 0.495 e. The zero-order chi connectivity index (χ0) is 31.0. The van der Waals surface area contributed by atoms with Gasteiger partial charge in [-0.15, -0.1) is 0 Å². The van der Waals surface area contributed by atoms with Gasteiger partial charge in [-0.05, 0) is 67.6 Å². The molecule has 8 nitrogen and oxygen atoms in total. The van der Waals surface area contributed by atoms with E-state index in [1.165, 1.54) is 30.2 Å². The van der Waals surface area contributed by atoms with Crippen molar-refractivity contribution >= 4 is 39.1 Å². The van der Waals surface area contributed by atoms with Gasteiger partial charge in [0.1, 0.15) is 18.3 Å². The molecule has 0 saturated heterocycles. The average Bonchev–Trinajstić information content (AvgIpc) is 3.01. The third kappa shape index (κ3) is 7.89. The average molecular weight is 626 g/mol. The number of rotatable bonds is 12. The molecule has 0 unspecified atom stereocenters. The first kappa shape index (κ1) is 32.4. The second-order valence-corrected chi connectivity index (χ2v) is 13.2. The normalized spacial score (nSPS) is 14.5. The molecule has 4 rings (SSSR count). The van der Waals surface area contributed by atoms with Crippen molar-refractivity contribution in [1.29, 1.82) is 0 Å². The maximum absolute atomic E-state index is 14.4. The summed E-state index contributed by atoms with van der Waals surface area (Å²) in [5, 5.41) is 3.45. The minimum atomic E-state index is -4.24. The van der Waals surface area contributed by atoms with Crippen LogP contribution in [0.3, 0.4) is 0 Å². The number of ether oxygens (including phenoxy) is 1. The van der Waals surface area contributed by atoms with E-state index in [1.54, 1.807) is 30.3 Å². The highest BCUT2D eigenvalue weighted by atomic mass is 35.5. The first-order chi connectivity index (χ1) is 20.6. The summed E-state index contributed by atoms with van der Waals surface area (Å²) in [6.45, 7) is 3.40. The Hall–Kier alpha value is -3.56. The van der Waals surface area contributed by atoms with Crippen LogP contribution < -0.4 is 14.4 Å². The maximum Gasteiger partial charge on any atom is 0.264 e. The summed E-state index contributed by atoms with van der Waals surface area (Å²) in [5.74, 6) is -0.506. The molecule has 0 aromatic heterocycles. The number of amides is 2. The van der Waals surface area contributed by atoms with Crippen molar-refractivity contribution in [2.45, 2.75) is 75.9 Å². The summed E-state index contributed by atoms with van der Waals surface area (Å²) in [7, 11) is -2.82. The monoisotopic (exact) mass is 625 g/mol. The van der Waals surface area contributed by atoms with Crippen LogP contribution in [-0.2, 0) is 26.2 Å². The lowest BCUT2D eigenvalue weighted by atomic mass is 9.95. The molecule has 230 valence electrons. The van der Waals surface area contributed by atoms with E-state index in [9.17, 15) is 18.0 Å². The molecular formula is C33H40ClN3O5S. The molecule has 1 fully saturated rings. The highest BCUT2D eigenvalue weighted by Gasteiger charge is 2.35. The van der Waals surface area contributed by atoms with Gasteiger partial charge in [-0.25, -0.2) is 8.42 Å². The van der Waals surface area contributed by atoms with E-state index in [4.69, 9.17) is 16.3 Å². The SMILES string of the molecule is CC[C@@H](C(=O)NC1CCCCC1)N(Cc1ccccc1C)C(=O)CN(c1cc(Cl)ccc1OC)S(=O)(=O)c1ccccc1. The highest BCUT2D eigenvalue weighted by Crippen LogP contribution is 2.35. The van der Waals surface area contributed by atoms with Gasteiger partial charge in [0.2, 0.25) is 11.8 Å². The molecule has 0 bridgehead atoms. The smallest absolute Gasteiger partial charge is 0.264 e. The van der Waals surface area contributed by atoms with Crippen molar-refractivity contribution in [3.63, 3.8) is 0 Å². The summed E-state index contributed by atoms with van der Waals surface area (Å²) < 4.78 is 34.7. The van der Waals surface area contributed by atoms with E-state index in [0.29, 0.717) is 6.42 Å². The number of aryl methyl sites for hydroxylation is 1. The van der Waals surface area contributed by atoms with Crippen LogP contribution in [0.5, 0.6) is 5.75 Å². The Kier molecular flexibility index (Phi) is 11.1. The Morgan fingerprint density at radius 3 is 2.33 bits per heavy atom. The zero-order valence-electron chi connectivity index (χ0n) is 25.0. The second kappa shape index (κ2) is 14.8. The van der Waals surface area contributed by atoms with Crippen LogP contribution in [0, 0.1) is 6.92 Å². The minimum Gasteiger partial charge on any atom is -0.495 e. The van der Waals surface area contributed by atoms with Crippen LogP contribution in [0.2, 0.25) is 5.02 Å². The van der Waals surface area contributed by atoms with Crippen LogP contribution in [0.25, 0.3) is 0 Å². The summed E-state index contributed by atoms with van der Waals surface area (Å²) in [4.78, 5) is 29.6. The van der Waals surface area contributed by atoms with Crippen LogP contribution in [0.1, 0.15) is 56.6 Å². The lowest BCUT2D eigenvalue weighted by Gasteiger charge is -2.35. The van der Waals surface area contributed by atoms with Gasteiger partial charge in [0.15, 0.2) is 0 Å². The number of nitrogens with zero attached hydrogens (tertiary/aromatic N) is 2. The third-order valence-electron chi connectivity index (χ3n) is 7.96. The molecule has 2 amide bonds. The van der Waals surface area contributed by atoms with E-state index in [1.807, 2.05) is 38.1 Å². The van der Waals surface area contributed by atoms with Gasteiger partial charge in [0.25, 0.3) is 10.0 Å². The molecular weight excluding hydrogens is 586 g/mol. The Bertz CT molecular complexity index is 1510. The quantitative estimate of drug-likeness (QED) is 0.262. The molecule has 1 saturated carbocycles. The molecule has 10 heteroatoms. The number of halogens is 1. The summed E-state index contributed by atoms with van der Waals surface area (Å²) in [6.07, 6.45) is 5.45. The maximum atomic E-state index is 14.4. The fraction of sp³-hybridized carbons (Fsp3) is 0.394. The first-order valence-corrected chi connectivity index (χ1v) is 16.5. The molecule has 1 N–H and O–H groups in total. The molecule has 43 heavy (non-hydrogen) atoms. The molecule has 3 aromatic rings. The van der Waals surface area contributed by atoms with E-state index >= 15 is 0 Å². The van der Waals surface area contributed by atoms with Crippen molar-refractivity contribution in [2.24, 2.45) is 0 Å². The van der Waals surface area contributed by atoms with Crippen molar-refractivity contribution in [3.05, 3.63) is 88.9 Å². The van der Waals surface area contributed by atoms with Gasteiger partial charge in [0.05, 0.1) is 17.7 Å². The molecule has 1 atom stereocenters. The fourth-order valence-electron chi connectivity index (χ4n) is 5.53. The molecule has 3 aromatic carbocycles. The highest BCUT2D eigenvalue weighted by molar-refractivity contribution is 7.92. The number of hydrogen-bond donors (Lipinski definition) is 1. The number of carbonyl (C=O) groups excluding carboxylic acids is 2. The third-order valence-corrected chi connectivity index (χ3v) is 9.97. The standard InChI is InChI=1S/C33H40ClN3O5S/c1-4-29(33(39)35-27-15-7-5-8-16-27)36(22-25-14-12-11-13-24(25)2)32(38)23-37(30-21-26(34)19-20-31(30)42-3)43(40,41)28-17-9-6-10-18-28/h6,9-14,17-21,27,29H,4-5,7-8,15-16,22-23H2,1-3H3,(H,35,39)/t29-/m0/s1. The number of nitrogens with one attached hydrogen (secondary N) is 1. The number of benzene rings is 3. The molecule has 0 radical (unpaired) electrons. The number of hydrogen-bond acceptors (Lipinski definition) is 5. The zero-order valence-corrected chi connectivity index (χ0v) is 26.5. The molecule has 1 aliphatic carbocycles. The predicted molar refractivity (Wildman–Crippen MR) is 170 cm³/mol. The summed E-state index contributed by atoms with van der Waals surface area (Å²) in [6, 6.07) is 19.5. The number of anilines is 1. The van der Waals surface area contributed by atoms with Crippen molar-refractivity contribution < 1.29 is 22.7 Å². The lowest BCUT2D eigenvalue weighted by molar-refractivity contribution is -0.140. The number of methoxy groups -OCH3 is 1. The Balaban J connectivity index is 1.76. The van der Waals surface area contributed by atoms with Crippen molar-refractivity contribution in [2.75, 3.05) is 18.0 Å². The van der Waals surface area contributed by atoms with Crippen molar-refractivity contribution in [3.8, 4) is 5.75 Å². The van der Waals surface area contributed by atoms with Crippen LogP contribution in [0.15, 0.2) is 77.7 Å².